The number of ether oxygens (including phenoxy) is 2. The van der Waals surface area contributed by atoms with Gasteiger partial charge < -0.3 is 40.1 Å². The van der Waals surface area contributed by atoms with Gasteiger partial charge in [0.15, 0.2) is 17.7 Å². The highest BCUT2D eigenvalue weighted by Crippen LogP contribution is 2.67. The minimum atomic E-state index is -5.75. The molecule has 0 bridgehead atoms. The van der Waals surface area contributed by atoms with E-state index >= 15 is 0 Å². The molecule has 0 saturated carbocycles. The lowest BCUT2D eigenvalue weighted by atomic mass is 10.1. The van der Waals surface area contributed by atoms with Crippen LogP contribution in [0.3, 0.4) is 0 Å². The van der Waals surface area contributed by atoms with Gasteiger partial charge in [-0.3, -0.25) is 18.4 Å². The van der Waals surface area contributed by atoms with Crippen molar-refractivity contribution in [3.8, 4) is 0 Å². The van der Waals surface area contributed by atoms with E-state index in [0.717, 1.165) is 13.3 Å². The third-order valence-electron chi connectivity index (χ3n) is 5.30. The monoisotopic (exact) mass is 635 g/mol. The molecule has 40 heavy (non-hydrogen) atoms. The summed E-state index contributed by atoms with van der Waals surface area (Å²) in [6, 6.07) is 0. The summed E-state index contributed by atoms with van der Waals surface area (Å²) < 4.78 is 65.0. The van der Waals surface area contributed by atoms with E-state index in [4.69, 9.17) is 15.2 Å². The third kappa shape index (κ3) is 8.56. The molecule has 0 radical (unpaired) electrons. The number of phosphoric ester groups is 2. The van der Waals surface area contributed by atoms with Gasteiger partial charge in [0.1, 0.15) is 36.3 Å². The molecule has 8 atom stereocenters. The fraction of sp³-hybridized carbons (Fsp3) is 0.647. The Morgan fingerprint density at radius 2 is 1.73 bits per heavy atom. The molecular weight excluding hydrogens is 607 g/mol. The number of carbonyl (C=O) groups excluding carboxylic acids is 1. The summed E-state index contributed by atoms with van der Waals surface area (Å²) in [6.45, 7) is 1.30. The second-order valence-corrected chi connectivity index (χ2v) is 12.9. The fourth-order valence-corrected chi connectivity index (χ4v) is 7.05. The van der Waals surface area contributed by atoms with Crippen LogP contribution in [0.4, 0.5) is 5.82 Å². The zero-order chi connectivity index (χ0) is 29.9. The van der Waals surface area contributed by atoms with Gasteiger partial charge in [-0.05, 0) is 6.42 Å². The lowest BCUT2D eigenvalue weighted by Gasteiger charge is -2.20. The first-order chi connectivity index (χ1) is 18.5. The molecule has 226 valence electrons. The van der Waals surface area contributed by atoms with E-state index in [1.54, 1.807) is 6.92 Å². The average Bonchev–Trinajstić information content (AvgIpc) is 3.37. The van der Waals surface area contributed by atoms with Crippen LogP contribution in [0.5, 0.6) is 0 Å². The third-order valence-corrected chi connectivity index (χ3v) is 9.58. The maximum Gasteiger partial charge on any atom is 0.490 e. The van der Waals surface area contributed by atoms with Crippen LogP contribution in [0.15, 0.2) is 12.7 Å². The molecule has 23 heteroatoms. The fourth-order valence-electron chi connectivity index (χ4n) is 3.52. The number of aromatic nitrogens is 4. The van der Waals surface area contributed by atoms with Crippen molar-refractivity contribution >= 4 is 46.4 Å². The number of anilines is 1. The van der Waals surface area contributed by atoms with Crippen LogP contribution in [0.25, 0.3) is 11.2 Å². The molecule has 7 N–H and O–H groups in total. The largest absolute Gasteiger partial charge is 0.490 e. The first-order valence-electron chi connectivity index (χ1n) is 11.4. The van der Waals surface area contributed by atoms with Gasteiger partial charge in [0, 0.05) is 13.3 Å². The molecule has 1 aliphatic rings. The number of aliphatic hydroxyl groups excluding tert-OH is 2. The molecule has 0 amide bonds. The summed E-state index contributed by atoms with van der Waals surface area (Å²) in [7, 11) is -16.6. The number of nitrogens with zero attached hydrogens (tertiary/aromatic N) is 4. The molecule has 1 fully saturated rings. The van der Waals surface area contributed by atoms with Crippen molar-refractivity contribution in [2.24, 2.45) is 0 Å². The van der Waals surface area contributed by atoms with E-state index in [2.05, 4.69) is 32.6 Å². The highest BCUT2D eigenvalue weighted by atomic mass is 31.3. The number of phosphoric acid groups is 3. The smallest absolute Gasteiger partial charge is 0.462 e. The van der Waals surface area contributed by atoms with E-state index in [0.29, 0.717) is 6.42 Å². The van der Waals surface area contributed by atoms with E-state index in [9.17, 15) is 43.4 Å². The van der Waals surface area contributed by atoms with Gasteiger partial charge in [-0.2, -0.15) is 8.62 Å². The Labute approximate surface area is 225 Å². The minimum Gasteiger partial charge on any atom is -0.462 e. The second kappa shape index (κ2) is 13.0. The van der Waals surface area contributed by atoms with E-state index in [1.807, 2.05) is 0 Å². The van der Waals surface area contributed by atoms with Crippen LogP contribution in [0.1, 0.15) is 32.9 Å². The number of rotatable bonds is 14. The molecule has 2 aromatic rings. The van der Waals surface area contributed by atoms with Crippen LogP contribution in [-0.4, -0.2) is 88.0 Å². The number of hydrogen-bond donors (Lipinski definition) is 6. The van der Waals surface area contributed by atoms with Gasteiger partial charge in [0.2, 0.25) is 0 Å². The predicted molar refractivity (Wildman–Crippen MR) is 130 cm³/mol. The SMILES string of the molecule is CCC(CCOP(=O)(O)OP(=O)(O)OP(=O)(O)OC[C@H]1O[C@@H](n2cnc3c(N)ncnc32)[C@H](O)[C@@H]1O)OC(C)=O. The molecule has 3 heterocycles. The highest BCUT2D eigenvalue weighted by Gasteiger charge is 2.47. The van der Waals surface area contributed by atoms with Crippen LogP contribution >= 0.6 is 23.5 Å². The normalized spacial score (nSPS) is 26.6. The van der Waals surface area contributed by atoms with Crippen LogP contribution in [0.2, 0.25) is 0 Å². The summed E-state index contributed by atoms with van der Waals surface area (Å²) in [6.07, 6.45) is -4.17. The zero-order valence-electron chi connectivity index (χ0n) is 20.9. The maximum absolute atomic E-state index is 12.2. The Hall–Kier alpha value is -1.89. The van der Waals surface area contributed by atoms with E-state index < -0.39 is 73.3 Å². The summed E-state index contributed by atoms with van der Waals surface area (Å²) in [5.41, 5.74) is 6.04. The van der Waals surface area contributed by atoms with Crippen LogP contribution in [0, 0.1) is 0 Å². The molecule has 20 nitrogen and oxygen atoms in total. The number of hydrogen-bond acceptors (Lipinski definition) is 16. The van der Waals surface area contributed by atoms with Crippen molar-refractivity contribution in [3.63, 3.8) is 0 Å². The molecule has 0 aromatic carbocycles. The van der Waals surface area contributed by atoms with Gasteiger partial charge >= 0.3 is 29.4 Å². The quantitative estimate of drug-likeness (QED) is 0.119. The number of carbonyl (C=O) groups is 1. The van der Waals surface area contributed by atoms with Gasteiger partial charge in [-0.1, -0.05) is 6.92 Å². The summed E-state index contributed by atoms with van der Waals surface area (Å²) in [5, 5.41) is 20.7. The van der Waals surface area contributed by atoms with Crippen molar-refractivity contribution in [1.29, 1.82) is 0 Å². The molecule has 2 aromatic heterocycles. The van der Waals surface area contributed by atoms with Gasteiger partial charge in [0.25, 0.3) is 0 Å². The van der Waals surface area contributed by atoms with Crippen molar-refractivity contribution in [2.45, 2.75) is 57.3 Å². The Bertz CT molecular complexity index is 1340. The number of nitrogens with two attached hydrogens (primary N) is 1. The lowest BCUT2D eigenvalue weighted by Crippen LogP contribution is -2.33. The molecule has 0 aliphatic carbocycles. The number of nitrogen functional groups attached to an aromatic ring is 1. The molecule has 1 saturated heterocycles. The van der Waals surface area contributed by atoms with Crippen molar-refractivity contribution in [1.82, 2.24) is 19.5 Å². The molecule has 0 spiro atoms. The Morgan fingerprint density at radius 1 is 1.07 bits per heavy atom. The van der Waals surface area contributed by atoms with Crippen LogP contribution in [-0.2, 0) is 45.6 Å². The minimum absolute atomic E-state index is 0.0377. The molecule has 1 aliphatic heterocycles. The second-order valence-electron chi connectivity index (χ2n) is 8.26. The van der Waals surface area contributed by atoms with Gasteiger partial charge in [-0.25, -0.2) is 28.6 Å². The highest BCUT2D eigenvalue weighted by molar-refractivity contribution is 7.66. The standard InChI is InChI=1S/C17H28N5O15P3/c1-3-10(34-9(2)23)4-5-32-38(26,27)36-40(30,31)37-39(28,29)33-6-11-13(24)14(25)17(35-11)22-8-21-12-15(18)19-7-20-16(12)22/h7-8,10-11,13-14,17,24-25H,3-6H2,1-2H3,(H,26,27)(H,28,29)(H,30,31)(H2,18,19,20)/t10?,11-,13-,14-,17-/m1/s1. The first-order valence-corrected chi connectivity index (χ1v) is 15.8. The Morgan fingerprint density at radius 3 is 2.35 bits per heavy atom. The number of aliphatic hydroxyl groups is 2. The zero-order valence-corrected chi connectivity index (χ0v) is 23.6. The number of imidazole rings is 1. The summed E-state index contributed by atoms with van der Waals surface area (Å²) in [4.78, 5) is 52.0. The number of esters is 1. The van der Waals surface area contributed by atoms with Crippen molar-refractivity contribution < 1.29 is 70.5 Å². The molecule has 4 unspecified atom stereocenters. The maximum atomic E-state index is 12.2. The van der Waals surface area contributed by atoms with Gasteiger partial charge in [-0.15, -0.1) is 0 Å². The summed E-state index contributed by atoms with van der Waals surface area (Å²) in [5.74, 6) is -0.562. The molecule has 3 rings (SSSR count). The van der Waals surface area contributed by atoms with Crippen molar-refractivity contribution in [2.75, 3.05) is 18.9 Å². The van der Waals surface area contributed by atoms with E-state index in [1.165, 1.54) is 10.9 Å². The molecular formula is C17H28N5O15P3. The van der Waals surface area contributed by atoms with Gasteiger partial charge in [0.05, 0.1) is 19.5 Å². The topological polar surface area (TPSA) is 294 Å². The Balaban J connectivity index is 1.55. The van der Waals surface area contributed by atoms with Crippen LogP contribution < -0.4 is 5.73 Å². The lowest BCUT2D eigenvalue weighted by molar-refractivity contribution is -0.147. The number of fused-ring (bicyclic) bond motifs is 1. The summed E-state index contributed by atoms with van der Waals surface area (Å²) >= 11 is 0. The first kappa shape index (κ1) is 32.6. The Kier molecular flexibility index (Phi) is 10.6. The average molecular weight is 635 g/mol. The van der Waals surface area contributed by atoms with E-state index in [-0.39, 0.29) is 23.4 Å². The predicted octanol–water partition coefficient (Wildman–Crippen LogP) is 0.127. The van der Waals surface area contributed by atoms with Crippen molar-refractivity contribution in [3.05, 3.63) is 12.7 Å².